The molecule has 0 spiro atoms. The van der Waals surface area contributed by atoms with Gasteiger partial charge in [0, 0.05) is 19.8 Å². The van der Waals surface area contributed by atoms with E-state index in [0.29, 0.717) is 6.54 Å². The largest absolute Gasteiger partial charge is 0.336 e. The number of rotatable bonds is 4. The monoisotopic (exact) mass is 192 g/mol. The number of imidazole rings is 1. The molecule has 1 rings (SSSR count). The van der Waals surface area contributed by atoms with Gasteiger partial charge in [-0.1, -0.05) is 5.92 Å². The summed E-state index contributed by atoms with van der Waals surface area (Å²) < 4.78 is 1.94. The van der Waals surface area contributed by atoms with Crippen LogP contribution in [0.15, 0.2) is 12.5 Å². The Labute approximate surface area is 84.5 Å². The lowest BCUT2D eigenvalue weighted by atomic mass is 10.2. The number of hydrogen-bond acceptors (Lipinski definition) is 3. The fraction of sp³-hybridized carbons (Fsp3) is 0.500. The van der Waals surface area contributed by atoms with Gasteiger partial charge in [0.15, 0.2) is 0 Å². The summed E-state index contributed by atoms with van der Waals surface area (Å²) in [6.07, 6.45) is 8.84. The van der Waals surface area contributed by atoms with Crippen molar-refractivity contribution in [2.75, 3.05) is 6.54 Å². The molecule has 0 radical (unpaired) electrons. The van der Waals surface area contributed by atoms with Crippen LogP contribution < -0.4 is 11.1 Å². The van der Waals surface area contributed by atoms with Gasteiger partial charge in [-0.3, -0.25) is 5.32 Å². The van der Waals surface area contributed by atoms with E-state index in [-0.39, 0.29) is 12.1 Å². The maximum Gasteiger partial charge on any atom is 0.0946 e. The summed E-state index contributed by atoms with van der Waals surface area (Å²) in [6.45, 7) is 2.44. The van der Waals surface area contributed by atoms with Crippen LogP contribution in [-0.4, -0.2) is 22.1 Å². The Hall–Kier alpha value is -1.31. The van der Waals surface area contributed by atoms with Crippen LogP contribution in [0.3, 0.4) is 0 Å². The van der Waals surface area contributed by atoms with Crippen LogP contribution in [0.2, 0.25) is 0 Å². The summed E-state index contributed by atoms with van der Waals surface area (Å²) in [7, 11) is 1.94. The van der Waals surface area contributed by atoms with Gasteiger partial charge in [-0.15, -0.1) is 6.42 Å². The highest BCUT2D eigenvalue weighted by molar-refractivity contribution is 5.08. The molecule has 1 aromatic rings. The number of terminal acetylenes is 1. The molecule has 0 aliphatic carbocycles. The first kappa shape index (κ1) is 10.8. The number of nitrogens with zero attached hydrogens (tertiary/aromatic N) is 2. The summed E-state index contributed by atoms with van der Waals surface area (Å²) in [4.78, 5) is 4.04. The van der Waals surface area contributed by atoms with Gasteiger partial charge in [0.25, 0.3) is 0 Å². The maximum atomic E-state index is 5.66. The molecule has 0 fully saturated rings. The Balaban J connectivity index is 2.74. The van der Waals surface area contributed by atoms with E-state index in [1.54, 1.807) is 12.5 Å². The molecule has 1 heterocycles. The van der Waals surface area contributed by atoms with E-state index >= 15 is 0 Å². The summed E-state index contributed by atoms with van der Waals surface area (Å²) in [5, 5.41) is 3.24. The number of aromatic nitrogens is 2. The molecular formula is C10H16N4. The van der Waals surface area contributed by atoms with Gasteiger partial charge in [-0.25, -0.2) is 4.98 Å². The van der Waals surface area contributed by atoms with E-state index < -0.39 is 0 Å². The van der Waals surface area contributed by atoms with E-state index in [2.05, 4.69) is 16.2 Å². The van der Waals surface area contributed by atoms with Crippen molar-refractivity contribution in [2.45, 2.75) is 19.0 Å². The zero-order valence-electron chi connectivity index (χ0n) is 8.57. The molecule has 0 saturated heterocycles. The van der Waals surface area contributed by atoms with Crippen molar-refractivity contribution in [1.29, 1.82) is 0 Å². The fourth-order valence-electron chi connectivity index (χ4n) is 1.33. The molecule has 0 aliphatic heterocycles. The maximum absolute atomic E-state index is 5.66. The van der Waals surface area contributed by atoms with Crippen molar-refractivity contribution >= 4 is 0 Å². The third kappa shape index (κ3) is 2.34. The molecule has 2 unspecified atom stereocenters. The first-order chi connectivity index (χ1) is 6.69. The number of aryl methyl sites for hydroxylation is 1. The quantitative estimate of drug-likeness (QED) is 0.662. The minimum Gasteiger partial charge on any atom is -0.336 e. The Morgan fingerprint density at radius 1 is 1.79 bits per heavy atom. The van der Waals surface area contributed by atoms with Crippen LogP contribution in [0.4, 0.5) is 0 Å². The Morgan fingerprint density at radius 3 is 2.93 bits per heavy atom. The predicted molar refractivity (Wildman–Crippen MR) is 56.4 cm³/mol. The van der Waals surface area contributed by atoms with E-state index in [9.17, 15) is 0 Å². The summed E-state index contributed by atoms with van der Waals surface area (Å²) in [5.41, 5.74) is 6.71. The molecule has 0 saturated carbocycles. The summed E-state index contributed by atoms with van der Waals surface area (Å²) in [6, 6.07) is 0.0759. The molecule has 0 aliphatic rings. The van der Waals surface area contributed by atoms with Crippen LogP contribution >= 0.6 is 0 Å². The Bertz CT molecular complexity index is 323. The van der Waals surface area contributed by atoms with Crippen LogP contribution in [0, 0.1) is 12.3 Å². The molecule has 14 heavy (non-hydrogen) atoms. The van der Waals surface area contributed by atoms with Crippen molar-refractivity contribution < 1.29 is 0 Å². The molecular weight excluding hydrogens is 176 g/mol. The lowest BCUT2D eigenvalue weighted by Crippen LogP contribution is -2.35. The van der Waals surface area contributed by atoms with E-state index in [1.165, 1.54) is 0 Å². The zero-order valence-corrected chi connectivity index (χ0v) is 8.57. The second-order valence-electron chi connectivity index (χ2n) is 3.27. The third-order valence-corrected chi connectivity index (χ3v) is 2.15. The summed E-state index contributed by atoms with van der Waals surface area (Å²) in [5.74, 6) is 2.61. The minimum atomic E-state index is 0.0125. The average Bonchev–Trinajstić information content (AvgIpc) is 2.60. The topological polar surface area (TPSA) is 55.9 Å². The van der Waals surface area contributed by atoms with Gasteiger partial charge >= 0.3 is 0 Å². The molecule has 0 aromatic carbocycles. The minimum absolute atomic E-state index is 0.0125. The van der Waals surface area contributed by atoms with E-state index in [0.717, 1.165) is 5.69 Å². The van der Waals surface area contributed by atoms with E-state index in [4.69, 9.17) is 12.2 Å². The highest BCUT2D eigenvalue weighted by Gasteiger charge is 2.14. The number of hydrogen-bond donors (Lipinski definition) is 2. The van der Waals surface area contributed by atoms with Gasteiger partial charge in [-0.05, 0) is 6.92 Å². The van der Waals surface area contributed by atoms with Crippen LogP contribution in [0.25, 0.3) is 0 Å². The first-order valence-electron chi connectivity index (χ1n) is 4.57. The van der Waals surface area contributed by atoms with Gasteiger partial charge < -0.3 is 10.3 Å². The molecule has 76 valence electrons. The third-order valence-electron chi connectivity index (χ3n) is 2.15. The molecule has 1 aromatic heterocycles. The lowest BCUT2D eigenvalue weighted by Gasteiger charge is -2.19. The normalized spacial score (nSPS) is 14.7. The molecule has 2 atom stereocenters. The predicted octanol–water partition coefficient (Wildman–Crippen LogP) is 0.0312. The molecule has 4 heteroatoms. The highest BCUT2D eigenvalue weighted by Crippen LogP contribution is 2.10. The van der Waals surface area contributed by atoms with Crippen LogP contribution in [-0.2, 0) is 7.05 Å². The van der Waals surface area contributed by atoms with E-state index in [1.807, 2.05) is 18.5 Å². The molecule has 0 bridgehead atoms. The van der Waals surface area contributed by atoms with Gasteiger partial charge in [0.2, 0.25) is 0 Å². The van der Waals surface area contributed by atoms with Crippen LogP contribution in [0.5, 0.6) is 0 Å². The number of nitrogens with one attached hydrogen (secondary N) is 1. The van der Waals surface area contributed by atoms with Crippen molar-refractivity contribution in [3.63, 3.8) is 0 Å². The van der Waals surface area contributed by atoms with Gasteiger partial charge in [0.05, 0.1) is 24.1 Å². The molecule has 3 N–H and O–H groups in total. The zero-order chi connectivity index (χ0) is 10.6. The highest BCUT2D eigenvalue weighted by atomic mass is 15.1. The second kappa shape index (κ2) is 4.80. The Kier molecular flexibility index (Phi) is 3.69. The second-order valence-corrected chi connectivity index (χ2v) is 3.27. The Morgan fingerprint density at radius 2 is 2.50 bits per heavy atom. The van der Waals surface area contributed by atoms with Crippen molar-refractivity contribution in [2.24, 2.45) is 12.8 Å². The number of nitrogens with two attached hydrogens (primary N) is 1. The van der Waals surface area contributed by atoms with Gasteiger partial charge in [0.1, 0.15) is 0 Å². The van der Waals surface area contributed by atoms with Crippen LogP contribution in [0.1, 0.15) is 18.7 Å². The average molecular weight is 192 g/mol. The molecule has 0 amide bonds. The van der Waals surface area contributed by atoms with Crippen molar-refractivity contribution in [3.8, 4) is 12.3 Å². The van der Waals surface area contributed by atoms with Crippen molar-refractivity contribution in [3.05, 3.63) is 18.2 Å². The first-order valence-corrected chi connectivity index (χ1v) is 4.57. The smallest absolute Gasteiger partial charge is 0.0946 e. The summed E-state index contributed by atoms with van der Waals surface area (Å²) >= 11 is 0. The molecule has 4 nitrogen and oxygen atoms in total. The SMILES string of the molecule is C#CC(C)NC(CN)c1cncn1C. The van der Waals surface area contributed by atoms with Crippen molar-refractivity contribution in [1.82, 2.24) is 14.9 Å². The standard InChI is InChI=1S/C10H16N4/c1-4-8(2)13-9(5-11)10-6-12-7-14(10)3/h1,6-9,13H,5,11H2,2-3H3. The fourth-order valence-corrected chi connectivity index (χ4v) is 1.33. The van der Waals surface area contributed by atoms with Gasteiger partial charge in [-0.2, -0.15) is 0 Å². The lowest BCUT2D eigenvalue weighted by molar-refractivity contribution is 0.495.